The molecule has 0 aromatic heterocycles. The largest absolute Gasteiger partial charge is 0.573 e. The van der Waals surface area contributed by atoms with E-state index < -0.39 is 17.9 Å². The summed E-state index contributed by atoms with van der Waals surface area (Å²) in [5.41, 5.74) is 4.92. The van der Waals surface area contributed by atoms with Crippen LogP contribution in [0.25, 0.3) is 0 Å². The smallest absolute Gasteiger partial charge is 0.403 e. The molecule has 0 atom stereocenters. The van der Waals surface area contributed by atoms with Crippen molar-refractivity contribution in [2.24, 2.45) is 0 Å². The van der Waals surface area contributed by atoms with Gasteiger partial charge >= 0.3 is 6.36 Å². The Labute approximate surface area is 87.6 Å². The zero-order valence-electron chi connectivity index (χ0n) is 7.24. The van der Waals surface area contributed by atoms with Crippen LogP contribution < -0.4 is 10.5 Å². The maximum atomic E-state index is 13.0. The third-order valence-corrected chi connectivity index (χ3v) is 1.84. The fraction of sp³-hybridized carbons (Fsp3) is 0.250. The van der Waals surface area contributed by atoms with Crippen LogP contribution in [0.15, 0.2) is 12.1 Å². The zero-order valence-corrected chi connectivity index (χ0v) is 7.99. The number of hydrogen-bond donors (Lipinski definition) is 1. The maximum Gasteiger partial charge on any atom is 0.573 e. The van der Waals surface area contributed by atoms with E-state index in [-0.39, 0.29) is 17.1 Å². The molecule has 0 aliphatic carbocycles. The summed E-state index contributed by atoms with van der Waals surface area (Å²) in [6.07, 6.45) is -4.90. The van der Waals surface area contributed by atoms with Gasteiger partial charge in [0.15, 0.2) is 5.75 Å². The molecule has 2 N–H and O–H groups in total. The molecule has 7 heteroatoms. The summed E-state index contributed by atoms with van der Waals surface area (Å²) < 4.78 is 52.0. The van der Waals surface area contributed by atoms with Crippen molar-refractivity contribution in [1.82, 2.24) is 0 Å². The SMILES string of the molecule is Nc1cc(CCl)c(F)cc1OC(F)(F)F. The van der Waals surface area contributed by atoms with E-state index in [0.29, 0.717) is 6.07 Å². The van der Waals surface area contributed by atoms with Gasteiger partial charge in [-0.1, -0.05) is 0 Å². The first-order valence-electron chi connectivity index (χ1n) is 3.73. The van der Waals surface area contributed by atoms with E-state index in [1.807, 2.05) is 0 Å². The van der Waals surface area contributed by atoms with Crippen molar-refractivity contribution in [3.8, 4) is 5.75 Å². The van der Waals surface area contributed by atoms with Crippen molar-refractivity contribution in [1.29, 1.82) is 0 Å². The minimum absolute atomic E-state index is 0.0173. The van der Waals surface area contributed by atoms with Gasteiger partial charge in [-0.3, -0.25) is 0 Å². The van der Waals surface area contributed by atoms with Crippen LogP contribution in [-0.2, 0) is 5.88 Å². The van der Waals surface area contributed by atoms with Gasteiger partial charge in [0.1, 0.15) is 5.82 Å². The van der Waals surface area contributed by atoms with Gasteiger partial charge in [-0.2, -0.15) is 0 Å². The molecule has 1 aromatic carbocycles. The first-order valence-corrected chi connectivity index (χ1v) is 4.26. The average Bonchev–Trinajstić information content (AvgIpc) is 2.08. The maximum absolute atomic E-state index is 13.0. The van der Waals surface area contributed by atoms with Crippen LogP contribution >= 0.6 is 11.6 Å². The van der Waals surface area contributed by atoms with Crippen LogP contribution in [-0.4, -0.2) is 6.36 Å². The molecule has 0 radical (unpaired) electrons. The molecular formula is C8H6ClF4NO. The van der Waals surface area contributed by atoms with Crippen LogP contribution in [0.2, 0.25) is 0 Å². The lowest BCUT2D eigenvalue weighted by atomic mass is 10.2. The molecule has 0 bridgehead atoms. The fourth-order valence-electron chi connectivity index (χ4n) is 0.934. The number of halogens is 5. The number of rotatable bonds is 2. The molecule has 15 heavy (non-hydrogen) atoms. The number of hydrogen-bond acceptors (Lipinski definition) is 2. The van der Waals surface area contributed by atoms with Gasteiger partial charge in [0.05, 0.1) is 11.6 Å². The highest BCUT2D eigenvalue weighted by atomic mass is 35.5. The van der Waals surface area contributed by atoms with Gasteiger partial charge < -0.3 is 10.5 Å². The van der Waals surface area contributed by atoms with Crippen LogP contribution in [0.3, 0.4) is 0 Å². The molecule has 1 aromatic rings. The molecule has 0 spiro atoms. The Morgan fingerprint density at radius 2 is 1.93 bits per heavy atom. The second kappa shape index (κ2) is 4.14. The Kier molecular flexibility index (Phi) is 3.28. The lowest BCUT2D eigenvalue weighted by Gasteiger charge is -2.12. The molecular weight excluding hydrogens is 238 g/mol. The highest BCUT2D eigenvalue weighted by molar-refractivity contribution is 6.17. The van der Waals surface area contributed by atoms with Crippen LogP contribution in [0, 0.1) is 5.82 Å². The summed E-state index contributed by atoms with van der Waals surface area (Å²) in [7, 11) is 0. The number of ether oxygens (including phenoxy) is 1. The lowest BCUT2D eigenvalue weighted by molar-refractivity contribution is -0.274. The summed E-state index contributed by atoms with van der Waals surface area (Å²) in [5, 5.41) is 0. The lowest BCUT2D eigenvalue weighted by Crippen LogP contribution is -2.18. The highest BCUT2D eigenvalue weighted by Crippen LogP contribution is 2.30. The van der Waals surface area contributed by atoms with E-state index in [1.54, 1.807) is 0 Å². The normalized spacial score (nSPS) is 11.5. The Bertz CT molecular complexity index is 366. The highest BCUT2D eigenvalue weighted by Gasteiger charge is 2.32. The predicted molar refractivity (Wildman–Crippen MR) is 47.1 cm³/mol. The third kappa shape index (κ3) is 3.16. The molecule has 1 rings (SSSR count). The topological polar surface area (TPSA) is 35.2 Å². The minimum atomic E-state index is -4.90. The number of alkyl halides is 4. The van der Waals surface area contributed by atoms with Crippen LogP contribution in [0.4, 0.5) is 23.2 Å². The number of anilines is 1. The van der Waals surface area contributed by atoms with E-state index in [9.17, 15) is 17.6 Å². The van der Waals surface area contributed by atoms with E-state index in [0.717, 1.165) is 6.07 Å². The average molecular weight is 244 g/mol. The fourth-order valence-corrected chi connectivity index (χ4v) is 1.14. The number of benzene rings is 1. The van der Waals surface area contributed by atoms with Crippen molar-refractivity contribution < 1.29 is 22.3 Å². The monoisotopic (exact) mass is 243 g/mol. The molecule has 0 saturated heterocycles. The van der Waals surface area contributed by atoms with Gasteiger partial charge in [0, 0.05) is 11.6 Å². The molecule has 0 aliphatic heterocycles. The minimum Gasteiger partial charge on any atom is -0.403 e. The van der Waals surface area contributed by atoms with Crippen molar-refractivity contribution in [2.75, 3.05) is 5.73 Å². The molecule has 0 heterocycles. The Hall–Kier alpha value is -1.17. The summed E-state index contributed by atoms with van der Waals surface area (Å²) in [6.45, 7) is 0. The molecule has 84 valence electrons. The molecule has 0 unspecified atom stereocenters. The predicted octanol–water partition coefficient (Wildman–Crippen LogP) is 3.05. The van der Waals surface area contributed by atoms with E-state index in [2.05, 4.69) is 4.74 Å². The summed E-state index contributed by atoms with van der Waals surface area (Å²) in [4.78, 5) is 0. The second-order valence-corrected chi connectivity index (χ2v) is 2.93. The molecule has 0 aliphatic rings. The third-order valence-electron chi connectivity index (χ3n) is 1.55. The van der Waals surface area contributed by atoms with Gasteiger partial charge in [-0.25, -0.2) is 4.39 Å². The van der Waals surface area contributed by atoms with Gasteiger partial charge in [0.2, 0.25) is 0 Å². The Morgan fingerprint density at radius 1 is 1.33 bits per heavy atom. The Morgan fingerprint density at radius 3 is 2.40 bits per heavy atom. The Balaban J connectivity index is 3.05. The zero-order chi connectivity index (χ0) is 11.6. The first-order chi connectivity index (χ1) is 6.83. The van der Waals surface area contributed by atoms with E-state index in [1.165, 1.54) is 0 Å². The first kappa shape index (κ1) is 11.9. The van der Waals surface area contributed by atoms with Crippen LogP contribution in [0.5, 0.6) is 5.75 Å². The van der Waals surface area contributed by atoms with Crippen molar-refractivity contribution >= 4 is 17.3 Å². The molecule has 0 fully saturated rings. The molecule has 0 saturated carbocycles. The van der Waals surface area contributed by atoms with E-state index >= 15 is 0 Å². The molecule has 2 nitrogen and oxygen atoms in total. The number of nitrogen functional groups attached to an aromatic ring is 1. The van der Waals surface area contributed by atoms with E-state index in [4.69, 9.17) is 17.3 Å². The van der Waals surface area contributed by atoms with Crippen molar-refractivity contribution in [2.45, 2.75) is 12.2 Å². The summed E-state index contributed by atoms with van der Waals surface area (Å²) in [6, 6.07) is 1.56. The quantitative estimate of drug-likeness (QED) is 0.492. The van der Waals surface area contributed by atoms with Crippen LogP contribution in [0.1, 0.15) is 5.56 Å². The molecule has 0 amide bonds. The summed E-state index contributed by atoms with van der Waals surface area (Å²) in [5.74, 6) is -1.84. The van der Waals surface area contributed by atoms with Crippen molar-refractivity contribution in [3.63, 3.8) is 0 Å². The van der Waals surface area contributed by atoms with Gasteiger partial charge in [-0.15, -0.1) is 24.8 Å². The van der Waals surface area contributed by atoms with Gasteiger partial charge in [-0.05, 0) is 6.07 Å². The second-order valence-electron chi connectivity index (χ2n) is 2.66. The van der Waals surface area contributed by atoms with Gasteiger partial charge in [0.25, 0.3) is 0 Å². The number of nitrogens with two attached hydrogens (primary N) is 1. The standard InChI is InChI=1S/C8H6ClF4NO/c9-3-4-1-6(14)7(2-5(4)10)15-8(11,12)13/h1-2H,3,14H2. The summed E-state index contributed by atoms with van der Waals surface area (Å²) >= 11 is 5.33. The van der Waals surface area contributed by atoms with Crippen molar-refractivity contribution in [3.05, 3.63) is 23.5 Å².